The fourth-order valence-corrected chi connectivity index (χ4v) is 5.34. The van der Waals surface area contributed by atoms with Crippen LogP contribution in [0.3, 0.4) is 0 Å². The van der Waals surface area contributed by atoms with Gasteiger partial charge in [0.1, 0.15) is 10.6 Å². The number of aromatic nitrogens is 1. The number of aromatic amines is 1. The number of hydrogen-bond acceptors (Lipinski definition) is 3. The van der Waals surface area contributed by atoms with Crippen molar-refractivity contribution in [3.05, 3.63) is 18.0 Å². The molecule has 0 saturated heterocycles. The second-order valence-electron chi connectivity index (χ2n) is 7.06. The van der Waals surface area contributed by atoms with Gasteiger partial charge in [-0.3, -0.25) is 4.79 Å². The van der Waals surface area contributed by atoms with E-state index in [4.69, 9.17) is 0 Å². The van der Waals surface area contributed by atoms with Gasteiger partial charge in [-0.05, 0) is 31.7 Å². The summed E-state index contributed by atoms with van der Waals surface area (Å²) >= 11 is 0. The van der Waals surface area contributed by atoms with E-state index in [2.05, 4.69) is 4.98 Å². The van der Waals surface area contributed by atoms with E-state index in [1.807, 2.05) is 0 Å². The Morgan fingerprint density at radius 3 is 2.17 bits per heavy atom. The number of nitrogens with zero attached hydrogens (tertiary/aromatic N) is 2. The van der Waals surface area contributed by atoms with Gasteiger partial charge in [0.05, 0.1) is 0 Å². The predicted octanol–water partition coefficient (Wildman–Crippen LogP) is 2.59. The maximum Gasteiger partial charge on any atom is 0.270 e. The molecule has 2 aliphatic rings. The Morgan fingerprint density at radius 2 is 1.58 bits per heavy atom. The van der Waals surface area contributed by atoms with Crippen molar-refractivity contribution in [1.82, 2.24) is 14.2 Å². The van der Waals surface area contributed by atoms with Crippen LogP contribution in [0.2, 0.25) is 0 Å². The summed E-state index contributed by atoms with van der Waals surface area (Å²) in [4.78, 5) is 17.4. The number of amides is 1. The van der Waals surface area contributed by atoms with E-state index in [1.165, 1.54) is 16.6 Å². The van der Waals surface area contributed by atoms with E-state index in [0.29, 0.717) is 5.69 Å². The first-order valence-electron chi connectivity index (χ1n) is 8.85. The summed E-state index contributed by atoms with van der Waals surface area (Å²) in [6.07, 6.45) is 9.78. The number of rotatable bonds is 5. The number of sulfonamides is 1. The second-order valence-corrected chi connectivity index (χ2v) is 9.06. The predicted molar refractivity (Wildman–Crippen MR) is 92.3 cm³/mol. The zero-order chi connectivity index (χ0) is 17.3. The Balaban J connectivity index is 1.75. The number of nitrogens with one attached hydrogen (secondary N) is 1. The Kier molecular flexibility index (Phi) is 5.01. The minimum absolute atomic E-state index is 0.0743. The van der Waals surface area contributed by atoms with Crippen molar-refractivity contribution in [1.29, 1.82) is 0 Å². The van der Waals surface area contributed by atoms with E-state index in [9.17, 15) is 13.2 Å². The number of carbonyl (C=O) groups excluding carboxylic acids is 1. The van der Waals surface area contributed by atoms with Gasteiger partial charge < -0.3 is 9.88 Å². The van der Waals surface area contributed by atoms with Crippen LogP contribution in [0, 0.1) is 0 Å². The fraction of sp³-hybridized carbons (Fsp3) is 0.706. The van der Waals surface area contributed by atoms with Crippen LogP contribution in [0.15, 0.2) is 17.2 Å². The first kappa shape index (κ1) is 17.5. The summed E-state index contributed by atoms with van der Waals surface area (Å²) in [5.41, 5.74) is 0.350. The van der Waals surface area contributed by atoms with Gasteiger partial charge in [-0.15, -0.1) is 0 Å². The molecule has 0 atom stereocenters. The second kappa shape index (κ2) is 6.88. The molecule has 2 fully saturated rings. The molecule has 0 bridgehead atoms. The van der Waals surface area contributed by atoms with Crippen molar-refractivity contribution in [2.24, 2.45) is 0 Å². The van der Waals surface area contributed by atoms with E-state index in [-0.39, 0.29) is 22.9 Å². The van der Waals surface area contributed by atoms with Crippen molar-refractivity contribution in [3.63, 3.8) is 0 Å². The molecule has 1 amide bonds. The first-order chi connectivity index (χ1) is 11.4. The highest BCUT2D eigenvalue weighted by Crippen LogP contribution is 2.28. The molecule has 0 radical (unpaired) electrons. The van der Waals surface area contributed by atoms with Crippen LogP contribution in [-0.2, 0) is 10.0 Å². The minimum atomic E-state index is -3.55. The van der Waals surface area contributed by atoms with E-state index < -0.39 is 10.0 Å². The molecular weight excluding hydrogens is 326 g/mol. The average Bonchev–Trinajstić information content (AvgIpc) is 3.34. The summed E-state index contributed by atoms with van der Waals surface area (Å²) in [5.74, 6) is -0.133. The molecule has 3 rings (SSSR count). The van der Waals surface area contributed by atoms with Gasteiger partial charge in [0.25, 0.3) is 5.91 Å². The number of H-pyrrole nitrogens is 1. The van der Waals surface area contributed by atoms with Crippen LogP contribution < -0.4 is 0 Å². The molecule has 1 heterocycles. The Labute approximate surface area is 144 Å². The van der Waals surface area contributed by atoms with Crippen LogP contribution in [-0.4, -0.2) is 54.7 Å². The molecule has 7 heteroatoms. The summed E-state index contributed by atoms with van der Waals surface area (Å²) < 4.78 is 27.0. The molecule has 134 valence electrons. The minimum Gasteiger partial charge on any atom is -0.356 e. The molecule has 2 aliphatic carbocycles. The van der Waals surface area contributed by atoms with Crippen molar-refractivity contribution in [3.8, 4) is 0 Å². The lowest BCUT2D eigenvalue weighted by Crippen LogP contribution is -2.35. The van der Waals surface area contributed by atoms with Gasteiger partial charge in [0, 0.05) is 32.4 Å². The first-order valence-corrected chi connectivity index (χ1v) is 10.3. The topological polar surface area (TPSA) is 73.5 Å². The van der Waals surface area contributed by atoms with Gasteiger partial charge in [0.2, 0.25) is 10.0 Å². The molecule has 1 aromatic rings. The summed E-state index contributed by atoms with van der Waals surface area (Å²) in [5, 5.41) is 0. The molecule has 0 aromatic carbocycles. The molecule has 6 nitrogen and oxygen atoms in total. The van der Waals surface area contributed by atoms with Crippen LogP contribution in [0.1, 0.15) is 61.9 Å². The number of carbonyl (C=O) groups is 1. The Bertz CT molecular complexity index is 686. The van der Waals surface area contributed by atoms with E-state index in [1.54, 1.807) is 19.0 Å². The lowest BCUT2D eigenvalue weighted by molar-refractivity contribution is 0.0730. The van der Waals surface area contributed by atoms with Crippen molar-refractivity contribution in [2.45, 2.75) is 68.3 Å². The maximum atomic E-state index is 12.8. The zero-order valence-corrected chi connectivity index (χ0v) is 15.3. The smallest absolute Gasteiger partial charge is 0.270 e. The third kappa shape index (κ3) is 3.24. The fourth-order valence-electron chi connectivity index (χ4n) is 3.92. The molecule has 1 aromatic heterocycles. The van der Waals surface area contributed by atoms with Crippen LogP contribution in [0.25, 0.3) is 0 Å². The normalized spacial score (nSPS) is 20.1. The van der Waals surface area contributed by atoms with Gasteiger partial charge in [-0.1, -0.05) is 25.7 Å². The van der Waals surface area contributed by atoms with E-state index in [0.717, 1.165) is 51.4 Å². The Hall–Kier alpha value is -1.34. The molecule has 24 heavy (non-hydrogen) atoms. The SMILES string of the molecule is CN(C(=O)c1cc(S(=O)(=O)N(C)C2CCCC2)c[nH]1)C1CCCC1. The summed E-state index contributed by atoms with van der Waals surface area (Å²) in [7, 11) is -0.102. The highest BCUT2D eigenvalue weighted by molar-refractivity contribution is 7.89. The third-order valence-corrected chi connectivity index (χ3v) is 7.48. The lowest BCUT2D eigenvalue weighted by atomic mass is 10.2. The molecule has 0 aliphatic heterocycles. The highest BCUT2D eigenvalue weighted by atomic mass is 32.2. The lowest BCUT2D eigenvalue weighted by Gasteiger charge is -2.24. The quantitative estimate of drug-likeness (QED) is 0.884. The van der Waals surface area contributed by atoms with Gasteiger partial charge in [-0.2, -0.15) is 4.31 Å². The van der Waals surface area contributed by atoms with Crippen LogP contribution >= 0.6 is 0 Å². The maximum absolute atomic E-state index is 12.8. The molecular formula is C17H27N3O3S. The van der Waals surface area contributed by atoms with E-state index >= 15 is 0 Å². The zero-order valence-electron chi connectivity index (χ0n) is 14.5. The highest BCUT2D eigenvalue weighted by Gasteiger charge is 2.32. The van der Waals surface area contributed by atoms with Gasteiger partial charge in [-0.25, -0.2) is 8.42 Å². The van der Waals surface area contributed by atoms with Gasteiger partial charge >= 0.3 is 0 Å². The largest absolute Gasteiger partial charge is 0.356 e. The van der Waals surface area contributed by atoms with Gasteiger partial charge in [0.15, 0.2) is 0 Å². The molecule has 1 N–H and O–H groups in total. The Morgan fingerprint density at radius 1 is 1.04 bits per heavy atom. The monoisotopic (exact) mass is 353 g/mol. The standard InChI is InChI=1S/C17H27N3O3S/c1-19(13-7-3-4-8-13)17(21)16-11-15(12-18-16)24(22,23)20(2)14-9-5-6-10-14/h11-14,18H,3-10H2,1-2H3. The molecule has 0 spiro atoms. The number of hydrogen-bond donors (Lipinski definition) is 1. The molecule has 0 unspecified atom stereocenters. The van der Waals surface area contributed by atoms with Crippen molar-refractivity contribution in [2.75, 3.05) is 14.1 Å². The average molecular weight is 353 g/mol. The van der Waals surface area contributed by atoms with Crippen molar-refractivity contribution < 1.29 is 13.2 Å². The summed E-state index contributed by atoms with van der Waals surface area (Å²) in [6, 6.07) is 1.82. The van der Waals surface area contributed by atoms with Crippen LogP contribution in [0.4, 0.5) is 0 Å². The molecule has 2 saturated carbocycles. The summed E-state index contributed by atoms with van der Waals surface area (Å²) in [6.45, 7) is 0. The third-order valence-electron chi connectivity index (χ3n) is 5.60. The van der Waals surface area contributed by atoms with Crippen molar-refractivity contribution >= 4 is 15.9 Å². The van der Waals surface area contributed by atoms with Crippen LogP contribution in [0.5, 0.6) is 0 Å².